The zero-order valence-corrected chi connectivity index (χ0v) is 9.55. The second-order valence-electron chi connectivity index (χ2n) is 4.47. The average molecular weight is 193 g/mol. The van der Waals surface area contributed by atoms with E-state index in [4.69, 9.17) is 6.42 Å². The number of rotatable bonds is 5. The van der Waals surface area contributed by atoms with Crippen LogP contribution in [-0.2, 0) is 0 Å². The summed E-state index contributed by atoms with van der Waals surface area (Å²) in [6.45, 7) is 5.79. The standard InChI is InChI=1S/C13H23N/c1-4-6-7-10-14-13-9-8-12(5-2)11(13)3/h1,11-14H,5-10H2,2-3H3. The molecule has 1 fully saturated rings. The first-order valence-electron chi connectivity index (χ1n) is 5.96. The summed E-state index contributed by atoms with van der Waals surface area (Å²) in [5.41, 5.74) is 0. The summed E-state index contributed by atoms with van der Waals surface area (Å²) in [6.07, 6.45) is 11.3. The lowest BCUT2D eigenvalue weighted by Crippen LogP contribution is -2.33. The molecule has 0 spiro atoms. The van der Waals surface area contributed by atoms with Crippen LogP contribution in [0.25, 0.3) is 0 Å². The number of nitrogens with one attached hydrogen (secondary N) is 1. The van der Waals surface area contributed by atoms with E-state index in [0.717, 1.165) is 37.3 Å². The van der Waals surface area contributed by atoms with Crippen LogP contribution in [-0.4, -0.2) is 12.6 Å². The molecule has 1 nitrogen and oxygen atoms in total. The van der Waals surface area contributed by atoms with Crippen molar-refractivity contribution in [3.63, 3.8) is 0 Å². The van der Waals surface area contributed by atoms with Gasteiger partial charge in [0.05, 0.1) is 0 Å². The van der Waals surface area contributed by atoms with Crippen LogP contribution in [0.15, 0.2) is 0 Å². The van der Waals surface area contributed by atoms with E-state index >= 15 is 0 Å². The molecular formula is C13H23N. The second-order valence-corrected chi connectivity index (χ2v) is 4.47. The quantitative estimate of drug-likeness (QED) is 0.523. The molecule has 0 radical (unpaired) electrons. The summed E-state index contributed by atoms with van der Waals surface area (Å²) in [6, 6.07) is 0.748. The van der Waals surface area contributed by atoms with Crippen LogP contribution in [0.5, 0.6) is 0 Å². The van der Waals surface area contributed by atoms with E-state index in [0.29, 0.717) is 0 Å². The Bertz CT molecular complexity index is 192. The van der Waals surface area contributed by atoms with Crippen LogP contribution in [0.2, 0.25) is 0 Å². The summed E-state index contributed by atoms with van der Waals surface area (Å²) >= 11 is 0. The van der Waals surface area contributed by atoms with Crippen molar-refractivity contribution in [3.8, 4) is 12.3 Å². The molecule has 0 heterocycles. The van der Waals surface area contributed by atoms with Gasteiger partial charge < -0.3 is 5.32 Å². The van der Waals surface area contributed by atoms with E-state index in [1.807, 2.05) is 0 Å². The number of unbranched alkanes of at least 4 members (excludes halogenated alkanes) is 1. The minimum absolute atomic E-state index is 0.748. The van der Waals surface area contributed by atoms with Gasteiger partial charge in [0.25, 0.3) is 0 Å². The molecular weight excluding hydrogens is 170 g/mol. The minimum atomic E-state index is 0.748. The first-order valence-corrected chi connectivity index (χ1v) is 5.96. The lowest BCUT2D eigenvalue weighted by Gasteiger charge is -2.20. The van der Waals surface area contributed by atoms with Crippen molar-refractivity contribution in [2.45, 2.75) is 52.0 Å². The molecule has 0 bridgehead atoms. The topological polar surface area (TPSA) is 12.0 Å². The maximum Gasteiger partial charge on any atom is 0.00981 e. The molecule has 3 unspecified atom stereocenters. The Morgan fingerprint density at radius 1 is 1.43 bits per heavy atom. The largest absolute Gasteiger partial charge is 0.314 e. The predicted molar refractivity (Wildman–Crippen MR) is 62.0 cm³/mol. The average Bonchev–Trinajstić information content (AvgIpc) is 2.55. The van der Waals surface area contributed by atoms with Crippen molar-refractivity contribution in [1.82, 2.24) is 5.32 Å². The van der Waals surface area contributed by atoms with Gasteiger partial charge >= 0.3 is 0 Å². The van der Waals surface area contributed by atoms with Gasteiger partial charge in [0.1, 0.15) is 0 Å². The molecule has 1 aliphatic carbocycles. The molecule has 1 aliphatic rings. The van der Waals surface area contributed by atoms with Crippen LogP contribution >= 0.6 is 0 Å². The van der Waals surface area contributed by atoms with Gasteiger partial charge in [-0.3, -0.25) is 0 Å². The summed E-state index contributed by atoms with van der Waals surface area (Å²) in [7, 11) is 0. The highest BCUT2D eigenvalue weighted by molar-refractivity contribution is 4.87. The SMILES string of the molecule is C#CCCCNC1CCC(CC)C1C. The van der Waals surface area contributed by atoms with Crippen LogP contribution in [0, 0.1) is 24.2 Å². The smallest absolute Gasteiger partial charge is 0.00981 e. The third-order valence-electron chi connectivity index (χ3n) is 3.66. The Hall–Kier alpha value is -0.480. The van der Waals surface area contributed by atoms with Gasteiger partial charge in [0, 0.05) is 12.5 Å². The highest BCUT2D eigenvalue weighted by atomic mass is 14.9. The fraction of sp³-hybridized carbons (Fsp3) is 0.846. The fourth-order valence-corrected chi connectivity index (χ4v) is 2.59. The van der Waals surface area contributed by atoms with Gasteiger partial charge in [-0.2, -0.15) is 0 Å². The zero-order chi connectivity index (χ0) is 10.4. The second kappa shape index (κ2) is 6.09. The van der Waals surface area contributed by atoms with Crippen LogP contribution in [0.4, 0.5) is 0 Å². The Kier molecular flexibility index (Phi) is 5.04. The van der Waals surface area contributed by atoms with E-state index < -0.39 is 0 Å². The molecule has 1 saturated carbocycles. The lowest BCUT2D eigenvalue weighted by molar-refractivity contribution is 0.345. The van der Waals surface area contributed by atoms with Crippen molar-refractivity contribution in [2.75, 3.05) is 6.54 Å². The van der Waals surface area contributed by atoms with Crippen LogP contribution in [0.3, 0.4) is 0 Å². The Balaban J connectivity index is 2.17. The first kappa shape index (κ1) is 11.6. The van der Waals surface area contributed by atoms with Crippen molar-refractivity contribution in [1.29, 1.82) is 0 Å². The maximum atomic E-state index is 5.22. The summed E-state index contributed by atoms with van der Waals surface area (Å²) in [5, 5.41) is 3.63. The maximum absolute atomic E-state index is 5.22. The van der Waals surface area contributed by atoms with Crippen molar-refractivity contribution < 1.29 is 0 Å². The van der Waals surface area contributed by atoms with Gasteiger partial charge in [0.15, 0.2) is 0 Å². The Labute approximate surface area is 88.7 Å². The predicted octanol–water partition coefficient (Wildman–Crippen LogP) is 2.81. The molecule has 14 heavy (non-hydrogen) atoms. The molecule has 1 rings (SSSR count). The van der Waals surface area contributed by atoms with Gasteiger partial charge in [-0.25, -0.2) is 0 Å². The lowest BCUT2D eigenvalue weighted by atomic mass is 9.93. The highest BCUT2D eigenvalue weighted by Gasteiger charge is 2.30. The van der Waals surface area contributed by atoms with Crippen LogP contribution < -0.4 is 5.32 Å². The van der Waals surface area contributed by atoms with Crippen molar-refractivity contribution >= 4 is 0 Å². The zero-order valence-electron chi connectivity index (χ0n) is 9.55. The monoisotopic (exact) mass is 193 g/mol. The molecule has 0 saturated heterocycles. The number of hydrogen-bond acceptors (Lipinski definition) is 1. The van der Waals surface area contributed by atoms with Gasteiger partial charge in [-0.05, 0) is 37.6 Å². The molecule has 0 aliphatic heterocycles. The molecule has 1 N–H and O–H groups in total. The highest BCUT2D eigenvalue weighted by Crippen LogP contribution is 2.33. The van der Waals surface area contributed by atoms with Gasteiger partial charge in [-0.1, -0.05) is 20.3 Å². The Morgan fingerprint density at radius 2 is 2.21 bits per heavy atom. The van der Waals surface area contributed by atoms with E-state index in [9.17, 15) is 0 Å². The van der Waals surface area contributed by atoms with Gasteiger partial charge in [-0.15, -0.1) is 12.3 Å². The third-order valence-corrected chi connectivity index (χ3v) is 3.66. The third kappa shape index (κ3) is 3.03. The molecule has 0 amide bonds. The van der Waals surface area contributed by atoms with Crippen molar-refractivity contribution in [3.05, 3.63) is 0 Å². The molecule has 3 atom stereocenters. The van der Waals surface area contributed by atoms with E-state index in [1.54, 1.807) is 0 Å². The van der Waals surface area contributed by atoms with Crippen molar-refractivity contribution in [2.24, 2.45) is 11.8 Å². The molecule has 0 aromatic carbocycles. The normalized spacial score (nSPS) is 31.6. The van der Waals surface area contributed by atoms with E-state index in [1.165, 1.54) is 19.3 Å². The Morgan fingerprint density at radius 3 is 2.79 bits per heavy atom. The first-order chi connectivity index (χ1) is 6.79. The molecule has 0 aromatic heterocycles. The molecule has 0 aromatic rings. The number of terminal acetylenes is 1. The fourth-order valence-electron chi connectivity index (χ4n) is 2.59. The molecule has 80 valence electrons. The summed E-state index contributed by atoms with van der Waals surface area (Å²) < 4.78 is 0. The molecule has 1 heteroatoms. The summed E-state index contributed by atoms with van der Waals surface area (Å²) in [5.74, 6) is 4.48. The summed E-state index contributed by atoms with van der Waals surface area (Å²) in [4.78, 5) is 0. The minimum Gasteiger partial charge on any atom is -0.314 e. The number of hydrogen-bond donors (Lipinski definition) is 1. The van der Waals surface area contributed by atoms with E-state index in [2.05, 4.69) is 25.1 Å². The van der Waals surface area contributed by atoms with Gasteiger partial charge in [0.2, 0.25) is 0 Å². The van der Waals surface area contributed by atoms with E-state index in [-0.39, 0.29) is 0 Å². The van der Waals surface area contributed by atoms with Crippen LogP contribution in [0.1, 0.15) is 46.0 Å².